The van der Waals surface area contributed by atoms with Crippen LogP contribution in [0, 0.1) is 5.41 Å². The maximum absolute atomic E-state index is 12.3. The van der Waals surface area contributed by atoms with Crippen LogP contribution in [0.1, 0.15) is 52.3 Å². The predicted molar refractivity (Wildman–Crippen MR) is 190 cm³/mol. The molecule has 14 heteroatoms. The number of esters is 1. The fourth-order valence-electron chi connectivity index (χ4n) is 7.06. The van der Waals surface area contributed by atoms with Gasteiger partial charge in [-0.05, 0) is 44.7 Å². The number of carbonyl (C=O) groups excluding carboxylic acids is 1. The molecule has 0 atom stereocenters. The molecule has 0 aliphatic carbocycles. The summed E-state index contributed by atoms with van der Waals surface area (Å²) in [6.45, 7) is 16.6. The van der Waals surface area contributed by atoms with Gasteiger partial charge >= 0.3 is 5.97 Å². The maximum atomic E-state index is 12.3. The first-order valence-electron chi connectivity index (χ1n) is 16.7. The van der Waals surface area contributed by atoms with Crippen molar-refractivity contribution in [3.8, 4) is 11.4 Å². The van der Waals surface area contributed by atoms with E-state index < -0.39 is 10.0 Å². The Bertz CT molecular complexity index is 1890. The minimum absolute atomic E-state index is 0.180. The van der Waals surface area contributed by atoms with Gasteiger partial charge < -0.3 is 14.4 Å². The van der Waals surface area contributed by atoms with Crippen LogP contribution in [0.2, 0.25) is 0 Å². The molecule has 0 unspecified atom stereocenters. The van der Waals surface area contributed by atoms with Crippen molar-refractivity contribution in [3.63, 3.8) is 0 Å². The average Bonchev–Trinajstić information content (AvgIpc) is 3.65. The monoisotopic (exact) mass is 697 g/mol. The van der Waals surface area contributed by atoms with E-state index in [1.807, 2.05) is 23.7 Å². The summed E-state index contributed by atoms with van der Waals surface area (Å²) >= 11 is 1.71. The summed E-state index contributed by atoms with van der Waals surface area (Å²) in [6, 6.07) is 8.24. The Balaban J connectivity index is 1.33. The quantitative estimate of drug-likeness (QED) is 0.204. The van der Waals surface area contributed by atoms with Crippen molar-refractivity contribution >= 4 is 54.3 Å². The molecule has 0 amide bonds. The molecule has 6 rings (SSSR count). The number of ether oxygens (including phenoxy) is 2. The number of hydrogen-bond donors (Lipinski definition) is 0. The Kier molecular flexibility index (Phi) is 9.84. The molecule has 0 N–H and O–H groups in total. The van der Waals surface area contributed by atoms with Crippen LogP contribution in [0.3, 0.4) is 0 Å². The second-order valence-electron chi connectivity index (χ2n) is 14.3. The van der Waals surface area contributed by atoms with Gasteiger partial charge in [0, 0.05) is 67.8 Å². The van der Waals surface area contributed by atoms with Gasteiger partial charge in [0.05, 0.1) is 53.8 Å². The molecule has 0 spiro atoms. The van der Waals surface area contributed by atoms with E-state index in [0.717, 1.165) is 58.6 Å². The van der Waals surface area contributed by atoms with E-state index in [1.54, 1.807) is 15.6 Å². The molecule has 2 aliphatic rings. The number of nitrogens with zero attached hydrogens (tertiary/aromatic N) is 7. The summed E-state index contributed by atoms with van der Waals surface area (Å²) in [7, 11) is -3.18. The lowest BCUT2D eigenvalue weighted by atomic mass is 9.78. The number of thiophene rings is 1. The van der Waals surface area contributed by atoms with Crippen molar-refractivity contribution in [2.45, 2.75) is 59.5 Å². The summed E-state index contributed by atoms with van der Waals surface area (Å²) < 4.78 is 39.6. The second kappa shape index (κ2) is 13.6. The fraction of sp³-hybridized carbons (Fsp3) is 0.588. The van der Waals surface area contributed by atoms with Crippen molar-refractivity contribution in [2.24, 2.45) is 5.41 Å². The van der Waals surface area contributed by atoms with Crippen LogP contribution < -0.4 is 4.90 Å². The molecule has 2 aliphatic heterocycles. The number of morpholine rings is 1. The van der Waals surface area contributed by atoms with Gasteiger partial charge in [0.1, 0.15) is 0 Å². The van der Waals surface area contributed by atoms with E-state index in [-0.39, 0.29) is 16.9 Å². The van der Waals surface area contributed by atoms with Gasteiger partial charge in [-0.2, -0.15) is 9.40 Å². The molecule has 12 nitrogen and oxygen atoms in total. The molecule has 260 valence electrons. The van der Waals surface area contributed by atoms with Crippen molar-refractivity contribution in [1.29, 1.82) is 0 Å². The van der Waals surface area contributed by atoms with Crippen LogP contribution in [0.15, 0.2) is 30.5 Å². The molecule has 5 heterocycles. The van der Waals surface area contributed by atoms with Gasteiger partial charge in [0.25, 0.3) is 0 Å². The maximum Gasteiger partial charge on any atom is 0.306 e. The number of fused-ring (bicyclic) bond motifs is 2. The number of anilines is 1. The van der Waals surface area contributed by atoms with E-state index in [4.69, 9.17) is 24.5 Å². The third-order valence-corrected chi connectivity index (χ3v) is 11.6. The average molecular weight is 698 g/mol. The van der Waals surface area contributed by atoms with Crippen LogP contribution in [-0.2, 0) is 36.4 Å². The standard InChI is InChI=1S/C34H47N7O5S2/c1-7-46-29(42)20-33(2,3)23-34(4,5)41-22-26-25(9-8-10-27(26)37-41)31-35-28-19-24(21-38-11-13-40(14-12-38)48(6,43)44)47-30(28)32(36-31)39-15-17-45-18-16-39/h8-10,19,22H,7,11-18,20-21,23H2,1-6H3. The van der Waals surface area contributed by atoms with Gasteiger partial charge in [-0.15, -0.1) is 11.3 Å². The molecule has 48 heavy (non-hydrogen) atoms. The highest BCUT2D eigenvalue weighted by molar-refractivity contribution is 7.88. The lowest BCUT2D eigenvalue weighted by Gasteiger charge is -2.34. The van der Waals surface area contributed by atoms with Crippen LogP contribution >= 0.6 is 11.3 Å². The van der Waals surface area contributed by atoms with Crippen molar-refractivity contribution < 1.29 is 22.7 Å². The first kappa shape index (κ1) is 34.7. The smallest absolute Gasteiger partial charge is 0.306 e. The minimum atomic E-state index is -3.18. The lowest BCUT2D eigenvalue weighted by Crippen LogP contribution is -2.47. The molecule has 0 radical (unpaired) electrons. The normalized spacial score (nSPS) is 17.4. The number of rotatable bonds is 11. The van der Waals surface area contributed by atoms with Crippen molar-refractivity contribution in [1.82, 2.24) is 29.0 Å². The summed E-state index contributed by atoms with van der Waals surface area (Å²) in [5, 5.41) is 5.98. The molecule has 4 aromatic rings. The van der Waals surface area contributed by atoms with E-state index in [2.05, 4.69) is 55.8 Å². The first-order chi connectivity index (χ1) is 22.7. The fourth-order valence-corrected chi connectivity index (χ4v) is 9.04. The Morgan fingerprint density at radius 2 is 1.75 bits per heavy atom. The second-order valence-corrected chi connectivity index (χ2v) is 17.4. The zero-order valence-corrected chi connectivity index (χ0v) is 30.5. The number of sulfonamides is 1. The molecular weight excluding hydrogens is 651 g/mol. The molecule has 0 saturated carbocycles. The number of piperazine rings is 1. The summed E-state index contributed by atoms with van der Waals surface area (Å²) in [5.74, 6) is 1.39. The number of carbonyl (C=O) groups is 1. The molecular formula is C34H47N7O5S2. The van der Waals surface area contributed by atoms with Crippen LogP contribution in [0.25, 0.3) is 32.5 Å². The largest absolute Gasteiger partial charge is 0.466 e. The Labute approximate surface area is 287 Å². The van der Waals surface area contributed by atoms with E-state index in [0.29, 0.717) is 58.2 Å². The summed E-state index contributed by atoms with van der Waals surface area (Å²) in [6.07, 6.45) is 4.43. The van der Waals surface area contributed by atoms with E-state index in [1.165, 1.54) is 11.1 Å². The molecule has 2 fully saturated rings. The molecule has 1 aromatic carbocycles. The highest BCUT2D eigenvalue weighted by atomic mass is 32.2. The number of hydrogen-bond acceptors (Lipinski definition) is 11. The van der Waals surface area contributed by atoms with Gasteiger partial charge in [-0.3, -0.25) is 14.4 Å². The Morgan fingerprint density at radius 3 is 2.44 bits per heavy atom. The molecule has 3 aromatic heterocycles. The van der Waals surface area contributed by atoms with Crippen LogP contribution in [0.5, 0.6) is 0 Å². The van der Waals surface area contributed by atoms with E-state index in [9.17, 15) is 13.2 Å². The van der Waals surface area contributed by atoms with Gasteiger partial charge in [0.2, 0.25) is 10.0 Å². The van der Waals surface area contributed by atoms with Gasteiger partial charge in [-0.1, -0.05) is 26.0 Å². The van der Waals surface area contributed by atoms with Crippen LogP contribution in [-0.4, -0.2) is 109 Å². The number of aromatic nitrogens is 4. The molecule has 0 bridgehead atoms. The zero-order valence-electron chi connectivity index (χ0n) is 28.9. The van der Waals surface area contributed by atoms with Crippen molar-refractivity contribution in [3.05, 3.63) is 35.3 Å². The summed E-state index contributed by atoms with van der Waals surface area (Å²) in [5.41, 5.74) is 2.03. The van der Waals surface area contributed by atoms with Gasteiger partial charge in [-0.25, -0.2) is 18.4 Å². The highest BCUT2D eigenvalue weighted by Crippen LogP contribution is 2.39. The summed E-state index contributed by atoms with van der Waals surface area (Å²) in [4.78, 5) is 28.4. The topological polar surface area (TPSA) is 123 Å². The minimum Gasteiger partial charge on any atom is -0.466 e. The number of benzene rings is 1. The third kappa shape index (κ3) is 7.67. The predicted octanol–water partition coefficient (Wildman–Crippen LogP) is 4.73. The Morgan fingerprint density at radius 1 is 1.02 bits per heavy atom. The third-order valence-electron chi connectivity index (χ3n) is 9.15. The van der Waals surface area contributed by atoms with Gasteiger partial charge in [0.15, 0.2) is 11.6 Å². The molecule has 2 saturated heterocycles. The first-order valence-corrected chi connectivity index (χ1v) is 19.3. The van der Waals surface area contributed by atoms with E-state index >= 15 is 0 Å². The highest BCUT2D eigenvalue weighted by Gasteiger charge is 2.34. The van der Waals surface area contributed by atoms with Crippen molar-refractivity contribution in [2.75, 3.05) is 70.2 Å². The van der Waals surface area contributed by atoms with Crippen LogP contribution in [0.4, 0.5) is 5.82 Å². The lowest BCUT2D eigenvalue weighted by molar-refractivity contribution is -0.145. The Hall–Kier alpha value is -3.17. The SMILES string of the molecule is CCOC(=O)CC(C)(C)CC(C)(C)n1cc2c(-c3nc(N4CCOCC4)c4sc(CN5CCN(S(C)(=O)=O)CC5)cc4n3)cccc2n1. The zero-order chi connectivity index (χ0) is 34.3.